The third kappa shape index (κ3) is 7.38. The first-order valence-electron chi connectivity index (χ1n) is 9.96. The van der Waals surface area contributed by atoms with Crippen LogP contribution in [-0.2, 0) is 22.7 Å². The van der Waals surface area contributed by atoms with Crippen molar-refractivity contribution in [1.82, 2.24) is 10.7 Å². The molecule has 3 aromatic rings. The molecule has 0 atom stereocenters. The molecule has 0 aliphatic carbocycles. The molecular weight excluding hydrogens is 501 g/mol. The summed E-state index contributed by atoms with van der Waals surface area (Å²) in [4.78, 5) is 23.9. The van der Waals surface area contributed by atoms with E-state index in [1.165, 1.54) is 13.3 Å². The van der Waals surface area contributed by atoms with Crippen LogP contribution >= 0.6 is 34.8 Å². The van der Waals surface area contributed by atoms with E-state index in [2.05, 4.69) is 15.8 Å². The van der Waals surface area contributed by atoms with Crippen LogP contribution in [0.3, 0.4) is 0 Å². The summed E-state index contributed by atoms with van der Waals surface area (Å²) in [5.74, 6) is -0.720. The SMILES string of the molecule is COc1cc(/C=N\NC(=O)C(=O)NCc2ccc(Cl)cc2)ccc1OCc1ccc(Cl)c(Cl)c1. The number of halogens is 3. The van der Waals surface area contributed by atoms with Gasteiger partial charge in [-0.2, -0.15) is 5.10 Å². The molecule has 0 unspecified atom stereocenters. The summed E-state index contributed by atoms with van der Waals surface area (Å²) in [5, 5.41) is 7.83. The first-order chi connectivity index (χ1) is 16.4. The Labute approximate surface area is 211 Å². The Bertz CT molecular complexity index is 1200. The number of nitrogens with one attached hydrogen (secondary N) is 2. The number of nitrogens with zero attached hydrogens (tertiary/aromatic N) is 1. The number of ether oxygens (including phenoxy) is 2. The zero-order chi connectivity index (χ0) is 24.5. The van der Waals surface area contributed by atoms with Crippen molar-refractivity contribution < 1.29 is 19.1 Å². The summed E-state index contributed by atoms with van der Waals surface area (Å²) in [7, 11) is 1.51. The molecule has 2 amide bonds. The van der Waals surface area contributed by atoms with E-state index < -0.39 is 11.8 Å². The summed E-state index contributed by atoms with van der Waals surface area (Å²) in [5.41, 5.74) is 4.47. The number of carbonyl (C=O) groups is 2. The van der Waals surface area contributed by atoms with Crippen molar-refractivity contribution in [1.29, 1.82) is 0 Å². The highest BCUT2D eigenvalue weighted by molar-refractivity contribution is 6.42. The van der Waals surface area contributed by atoms with Crippen molar-refractivity contribution in [3.05, 3.63) is 92.4 Å². The second kappa shape index (κ2) is 12.3. The lowest BCUT2D eigenvalue weighted by Crippen LogP contribution is -2.37. The summed E-state index contributed by atoms with van der Waals surface area (Å²) < 4.78 is 11.2. The number of carbonyl (C=O) groups excluding carboxylic acids is 2. The van der Waals surface area contributed by atoms with Gasteiger partial charge in [-0.3, -0.25) is 9.59 Å². The molecule has 0 aliphatic rings. The Morgan fingerprint density at radius 2 is 1.62 bits per heavy atom. The average molecular weight is 521 g/mol. The molecule has 176 valence electrons. The van der Waals surface area contributed by atoms with Crippen LogP contribution < -0.4 is 20.2 Å². The van der Waals surface area contributed by atoms with E-state index >= 15 is 0 Å². The molecular formula is C24H20Cl3N3O4. The molecule has 0 bridgehead atoms. The van der Waals surface area contributed by atoms with E-state index in [-0.39, 0.29) is 13.2 Å². The summed E-state index contributed by atoms with van der Waals surface area (Å²) >= 11 is 17.8. The fourth-order valence-electron chi connectivity index (χ4n) is 2.76. The number of amides is 2. The van der Waals surface area contributed by atoms with Crippen molar-refractivity contribution >= 4 is 52.8 Å². The van der Waals surface area contributed by atoms with Crippen LogP contribution in [0.5, 0.6) is 11.5 Å². The first-order valence-corrected chi connectivity index (χ1v) is 11.1. The van der Waals surface area contributed by atoms with Gasteiger partial charge in [-0.25, -0.2) is 5.43 Å². The Balaban J connectivity index is 1.52. The molecule has 3 rings (SSSR count). The lowest BCUT2D eigenvalue weighted by Gasteiger charge is -2.11. The first kappa shape index (κ1) is 25.4. The zero-order valence-corrected chi connectivity index (χ0v) is 20.2. The fraction of sp³-hybridized carbons (Fsp3) is 0.125. The predicted molar refractivity (Wildman–Crippen MR) is 133 cm³/mol. The number of methoxy groups -OCH3 is 1. The molecule has 0 saturated carbocycles. The Hall–Kier alpha value is -3.26. The molecule has 0 radical (unpaired) electrons. The van der Waals surface area contributed by atoms with Crippen molar-refractivity contribution in [3.8, 4) is 11.5 Å². The third-order valence-corrected chi connectivity index (χ3v) is 5.51. The van der Waals surface area contributed by atoms with E-state index in [0.29, 0.717) is 32.1 Å². The fourth-order valence-corrected chi connectivity index (χ4v) is 3.20. The van der Waals surface area contributed by atoms with Crippen molar-refractivity contribution in [2.45, 2.75) is 13.2 Å². The van der Waals surface area contributed by atoms with Gasteiger partial charge >= 0.3 is 11.8 Å². The van der Waals surface area contributed by atoms with E-state index in [0.717, 1.165) is 11.1 Å². The zero-order valence-electron chi connectivity index (χ0n) is 18.0. The van der Waals surface area contributed by atoms with Gasteiger partial charge in [0.1, 0.15) is 6.61 Å². The van der Waals surface area contributed by atoms with Crippen LogP contribution in [0.25, 0.3) is 0 Å². The van der Waals surface area contributed by atoms with E-state index in [4.69, 9.17) is 44.3 Å². The molecule has 0 fully saturated rings. The van der Waals surface area contributed by atoms with Crippen LogP contribution in [0.15, 0.2) is 65.8 Å². The molecule has 10 heteroatoms. The van der Waals surface area contributed by atoms with Crippen LogP contribution in [-0.4, -0.2) is 25.1 Å². The smallest absolute Gasteiger partial charge is 0.329 e. The molecule has 3 aromatic carbocycles. The molecule has 0 saturated heterocycles. The van der Waals surface area contributed by atoms with E-state index in [1.807, 2.05) is 6.07 Å². The highest BCUT2D eigenvalue weighted by Crippen LogP contribution is 2.29. The normalized spacial score (nSPS) is 10.7. The van der Waals surface area contributed by atoms with Gasteiger partial charge in [0.05, 0.1) is 23.4 Å². The van der Waals surface area contributed by atoms with Crippen LogP contribution in [0.1, 0.15) is 16.7 Å². The molecule has 0 aliphatic heterocycles. The maximum atomic E-state index is 11.9. The molecule has 0 spiro atoms. The van der Waals surface area contributed by atoms with Gasteiger partial charge in [0.25, 0.3) is 0 Å². The van der Waals surface area contributed by atoms with Crippen molar-refractivity contribution in [2.75, 3.05) is 7.11 Å². The maximum absolute atomic E-state index is 11.9. The van der Waals surface area contributed by atoms with Crippen LogP contribution in [0.2, 0.25) is 15.1 Å². The van der Waals surface area contributed by atoms with Crippen LogP contribution in [0, 0.1) is 0 Å². The Kier molecular flexibility index (Phi) is 9.16. The second-order valence-electron chi connectivity index (χ2n) is 6.96. The van der Waals surface area contributed by atoms with Gasteiger partial charge in [-0.1, -0.05) is 53.0 Å². The molecule has 0 heterocycles. The number of hydrogen-bond acceptors (Lipinski definition) is 5. The summed E-state index contributed by atoms with van der Waals surface area (Å²) in [6.07, 6.45) is 1.38. The number of hydrogen-bond donors (Lipinski definition) is 2. The van der Waals surface area contributed by atoms with E-state index in [1.54, 1.807) is 54.6 Å². The molecule has 2 N–H and O–H groups in total. The number of benzene rings is 3. The highest BCUT2D eigenvalue weighted by Gasteiger charge is 2.12. The largest absolute Gasteiger partial charge is 0.493 e. The third-order valence-electron chi connectivity index (χ3n) is 4.52. The number of rotatable bonds is 8. The van der Waals surface area contributed by atoms with Crippen LogP contribution in [0.4, 0.5) is 0 Å². The molecule has 0 aromatic heterocycles. The Morgan fingerprint density at radius 1 is 0.882 bits per heavy atom. The van der Waals surface area contributed by atoms with Gasteiger partial charge in [0.15, 0.2) is 11.5 Å². The van der Waals surface area contributed by atoms with Gasteiger partial charge < -0.3 is 14.8 Å². The maximum Gasteiger partial charge on any atom is 0.329 e. The van der Waals surface area contributed by atoms with Crippen molar-refractivity contribution in [3.63, 3.8) is 0 Å². The lowest BCUT2D eigenvalue weighted by molar-refractivity contribution is -0.139. The molecule has 7 nitrogen and oxygen atoms in total. The van der Waals surface area contributed by atoms with Crippen molar-refractivity contribution in [2.24, 2.45) is 5.10 Å². The minimum absolute atomic E-state index is 0.189. The van der Waals surface area contributed by atoms with Gasteiger partial charge in [0, 0.05) is 11.6 Å². The molecule has 34 heavy (non-hydrogen) atoms. The second-order valence-corrected chi connectivity index (χ2v) is 8.21. The lowest BCUT2D eigenvalue weighted by atomic mass is 10.2. The standard InChI is InChI=1S/C24H20Cl3N3O4/c1-33-22-11-16(5-9-21(22)34-14-17-4-8-19(26)20(27)10-17)13-29-30-24(32)23(31)28-12-15-2-6-18(25)7-3-15/h2-11,13H,12,14H2,1H3,(H,28,31)(H,30,32)/b29-13-. The van der Waals surface area contributed by atoms with Gasteiger partial charge in [0.2, 0.25) is 0 Å². The highest BCUT2D eigenvalue weighted by atomic mass is 35.5. The van der Waals surface area contributed by atoms with E-state index in [9.17, 15) is 9.59 Å². The Morgan fingerprint density at radius 3 is 2.32 bits per heavy atom. The van der Waals surface area contributed by atoms with Gasteiger partial charge in [-0.05, 0) is 59.2 Å². The average Bonchev–Trinajstić information content (AvgIpc) is 2.84. The summed E-state index contributed by atoms with van der Waals surface area (Å²) in [6, 6.07) is 17.3. The monoisotopic (exact) mass is 519 g/mol. The quantitative estimate of drug-likeness (QED) is 0.248. The van der Waals surface area contributed by atoms with Gasteiger partial charge in [-0.15, -0.1) is 0 Å². The minimum atomic E-state index is -0.890. The number of hydrazone groups is 1. The topological polar surface area (TPSA) is 89.0 Å². The minimum Gasteiger partial charge on any atom is -0.493 e. The predicted octanol–water partition coefficient (Wildman–Crippen LogP) is 5.00. The summed E-state index contributed by atoms with van der Waals surface area (Å²) in [6.45, 7) is 0.454.